The highest BCUT2D eigenvalue weighted by atomic mass is 19.1. The van der Waals surface area contributed by atoms with Gasteiger partial charge >= 0.3 is 0 Å². The van der Waals surface area contributed by atoms with Crippen molar-refractivity contribution in [3.8, 4) is 0 Å². The van der Waals surface area contributed by atoms with Crippen LogP contribution >= 0.6 is 0 Å². The Morgan fingerprint density at radius 1 is 1.77 bits per heavy atom. The van der Waals surface area contributed by atoms with Gasteiger partial charge in [0.1, 0.15) is 6.10 Å². The van der Waals surface area contributed by atoms with Crippen LogP contribution in [0.25, 0.3) is 0 Å². The maximum absolute atomic E-state index is 12.9. The number of hydrogen-bond acceptors (Lipinski definition) is 3. The number of aromatic nitrogens is 1. The first-order valence-electron chi connectivity index (χ1n) is 3.98. The molecule has 13 heavy (non-hydrogen) atoms. The number of aliphatic hydroxyl groups excluding tert-OH is 1. The molecule has 1 aromatic rings. The molecule has 0 aliphatic carbocycles. The van der Waals surface area contributed by atoms with Crippen molar-refractivity contribution in [1.29, 1.82) is 0 Å². The second-order valence-electron chi connectivity index (χ2n) is 2.64. The number of carbonyl (C=O) groups is 1. The number of aliphatic hydroxyl groups is 1. The molecule has 0 saturated heterocycles. The van der Waals surface area contributed by atoms with E-state index in [1.807, 2.05) is 0 Å². The maximum atomic E-state index is 12.9. The fourth-order valence-corrected chi connectivity index (χ4v) is 0.940. The van der Waals surface area contributed by atoms with E-state index in [9.17, 15) is 9.18 Å². The molecule has 1 atom stereocenters. The van der Waals surface area contributed by atoms with Crippen LogP contribution in [-0.4, -0.2) is 22.0 Å². The van der Waals surface area contributed by atoms with Gasteiger partial charge in [0.25, 0.3) is 0 Å². The molecular weight excluding hydrogens is 173 g/mol. The van der Waals surface area contributed by atoms with E-state index in [1.54, 1.807) is 6.92 Å². The summed E-state index contributed by atoms with van der Waals surface area (Å²) in [5, 5.41) is 9.17. The number of carbonyl (C=O) groups excluding carboxylic acids is 1. The molecule has 0 spiro atoms. The molecule has 0 saturated carbocycles. The second kappa shape index (κ2) is 4.09. The standard InChI is InChI=1S/C9H10FNO2/c1-2-8(12)9(13)6-3-4-11-5-7(6)10/h3-5,8,12H,2H2,1H3. The van der Waals surface area contributed by atoms with Crippen molar-refractivity contribution >= 4 is 5.78 Å². The fourth-order valence-electron chi connectivity index (χ4n) is 0.940. The minimum Gasteiger partial charge on any atom is -0.385 e. The van der Waals surface area contributed by atoms with E-state index in [2.05, 4.69) is 4.98 Å². The molecule has 0 radical (unpaired) electrons. The second-order valence-corrected chi connectivity index (χ2v) is 2.64. The smallest absolute Gasteiger partial charge is 0.194 e. The highest BCUT2D eigenvalue weighted by Crippen LogP contribution is 2.09. The molecule has 1 rings (SSSR count). The zero-order valence-corrected chi connectivity index (χ0v) is 7.20. The Bertz CT molecular complexity index is 314. The van der Waals surface area contributed by atoms with E-state index in [0.29, 0.717) is 0 Å². The van der Waals surface area contributed by atoms with Gasteiger partial charge in [-0.3, -0.25) is 9.78 Å². The highest BCUT2D eigenvalue weighted by Gasteiger charge is 2.18. The highest BCUT2D eigenvalue weighted by molar-refractivity contribution is 5.99. The van der Waals surface area contributed by atoms with E-state index in [1.165, 1.54) is 12.3 Å². The fraction of sp³-hybridized carbons (Fsp3) is 0.333. The van der Waals surface area contributed by atoms with Crippen LogP contribution in [0, 0.1) is 5.82 Å². The molecular formula is C9H10FNO2. The summed E-state index contributed by atoms with van der Waals surface area (Å²) in [5.74, 6) is -1.29. The Morgan fingerprint density at radius 2 is 2.46 bits per heavy atom. The third-order valence-electron chi connectivity index (χ3n) is 1.73. The molecule has 0 amide bonds. The molecule has 1 aromatic heterocycles. The Kier molecular flexibility index (Phi) is 3.08. The first-order chi connectivity index (χ1) is 6.16. The van der Waals surface area contributed by atoms with Crippen LogP contribution in [0.1, 0.15) is 23.7 Å². The molecule has 1 N–H and O–H groups in total. The van der Waals surface area contributed by atoms with Gasteiger partial charge in [-0.1, -0.05) is 6.92 Å². The monoisotopic (exact) mass is 183 g/mol. The van der Waals surface area contributed by atoms with Crippen LogP contribution in [0.15, 0.2) is 18.5 Å². The lowest BCUT2D eigenvalue weighted by atomic mass is 10.1. The van der Waals surface area contributed by atoms with Gasteiger partial charge in [-0.25, -0.2) is 4.39 Å². The van der Waals surface area contributed by atoms with Crippen LogP contribution in [0.2, 0.25) is 0 Å². The number of pyridine rings is 1. The van der Waals surface area contributed by atoms with E-state index in [0.717, 1.165) is 6.20 Å². The number of hydrogen-bond donors (Lipinski definition) is 1. The molecule has 0 bridgehead atoms. The van der Waals surface area contributed by atoms with Gasteiger partial charge in [0.2, 0.25) is 0 Å². The minimum absolute atomic E-state index is 0.107. The summed E-state index contributed by atoms with van der Waals surface area (Å²) in [7, 11) is 0. The summed E-state index contributed by atoms with van der Waals surface area (Å²) in [6.45, 7) is 1.65. The van der Waals surface area contributed by atoms with E-state index in [4.69, 9.17) is 5.11 Å². The number of rotatable bonds is 3. The largest absolute Gasteiger partial charge is 0.385 e. The summed E-state index contributed by atoms with van der Waals surface area (Å²) in [6, 6.07) is 1.26. The quantitative estimate of drug-likeness (QED) is 0.716. The number of halogens is 1. The van der Waals surface area contributed by atoms with Gasteiger partial charge in [0.15, 0.2) is 11.6 Å². The van der Waals surface area contributed by atoms with Crippen molar-refractivity contribution in [3.05, 3.63) is 29.8 Å². The van der Waals surface area contributed by atoms with Crippen LogP contribution in [0.5, 0.6) is 0 Å². The lowest BCUT2D eigenvalue weighted by Gasteiger charge is -2.06. The normalized spacial score (nSPS) is 12.5. The predicted molar refractivity (Wildman–Crippen MR) is 44.8 cm³/mol. The molecule has 0 aromatic carbocycles. The molecule has 1 unspecified atom stereocenters. The molecule has 0 aliphatic heterocycles. The zero-order valence-electron chi connectivity index (χ0n) is 7.20. The van der Waals surface area contributed by atoms with Crippen molar-refractivity contribution in [3.63, 3.8) is 0 Å². The van der Waals surface area contributed by atoms with Crippen molar-refractivity contribution < 1.29 is 14.3 Å². The van der Waals surface area contributed by atoms with E-state index in [-0.39, 0.29) is 12.0 Å². The van der Waals surface area contributed by atoms with Gasteiger partial charge in [-0.2, -0.15) is 0 Å². The predicted octanol–water partition coefficient (Wildman–Crippen LogP) is 1.17. The van der Waals surface area contributed by atoms with E-state index >= 15 is 0 Å². The molecule has 0 aliphatic rings. The first-order valence-corrected chi connectivity index (χ1v) is 3.98. The van der Waals surface area contributed by atoms with Gasteiger partial charge in [0, 0.05) is 6.20 Å². The summed E-state index contributed by atoms with van der Waals surface area (Å²) < 4.78 is 12.9. The number of nitrogens with zero attached hydrogens (tertiary/aromatic N) is 1. The Hall–Kier alpha value is -1.29. The molecule has 1 heterocycles. The Balaban J connectivity index is 2.95. The third-order valence-corrected chi connectivity index (χ3v) is 1.73. The Morgan fingerprint density at radius 3 is 3.00 bits per heavy atom. The lowest BCUT2D eigenvalue weighted by Crippen LogP contribution is -2.20. The van der Waals surface area contributed by atoms with Gasteiger partial charge in [-0.15, -0.1) is 0 Å². The zero-order chi connectivity index (χ0) is 9.84. The summed E-state index contributed by atoms with van der Waals surface area (Å²) in [6.07, 6.45) is 1.42. The van der Waals surface area contributed by atoms with Gasteiger partial charge < -0.3 is 5.11 Å². The average Bonchev–Trinajstić information content (AvgIpc) is 2.16. The van der Waals surface area contributed by atoms with Crippen molar-refractivity contribution in [2.45, 2.75) is 19.4 Å². The van der Waals surface area contributed by atoms with Crippen LogP contribution in [0.4, 0.5) is 4.39 Å². The van der Waals surface area contributed by atoms with Crippen molar-refractivity contribution in [2.75, 3.05) is 0 Å². The molecule has 4 heteroatoms. The summed E-state index contributed by atoms with van der Waals surface area (Å²) >= 11 is 0. The van der Waals surface area contributed by atoms with Crippen molar-refractivity contribution in [2.24, 2.45) is 0 Å². The molecule has 70 valence electrons. The number of Topliss-reactive ketones (excluding diaryl/α,β-unsaturated/α-hetero) is 1. The average molecular weight is 183 g/mol. The third kappa shape index (κ3) is 2.09. The first kappa shape index (κ1) is 9.80. The topological polar surface area (TPSA) is 50.2 Å². The van der Waals surface area contributed by atoms with Crippen molar-refractivity contribution in [1.82, 2.24) is 4.98 Å². The Labute approximate surface area is 75.2 Å². The van der Waals surface area contributed by atoms with Gasteiger partial charge in [0.05, 0.1) is 11.8 Å². The summed E-state index contributed by atoms with van der Waals surface area (Å²) in [5.41, 5.74) is -0.107. The van der Waals surface area contributed by atoms with Crippen LogP contribution in [0.3, 0.4) is 0 Å². The van der Waals surface area contributed by atoms with Gasteiger partial charge in [-0.05, 0) is 12.5 Å². The minimum atomic E-state index is -1.13. The lowest BCUT2D eigenvalue weighted by molar-refractivity contribution is 0.0736. The van der Waals surface area contributed by atoms with Crippen LogP contribution < -0.4 is 0 Å². The molecule has 0 fully saturated rings. The van der Waals surface area contributed by atoms with Crippen LogP contribution in [-0.2, 0) is 0 Å². The maximum Gasteiger partial charge on any atom is 0.194 e. The SMILES string of the molecule is CCC(O)C(=O)c1ccncc1F. The molecule has 3 nitrogen and oxygen atoms in total. The summed E-state index contributed by atoms with van der Waals surface area (Å²) in [4.78, 5) is 14.8. The number of ketones is 1. The van der Waals surface area contributed by atoms with E-state index < -0.39 is 17.7 Å².